The molecule has 0 aliphatic carbocycles. The van der Waals surface area contributed by atoms with Crippen LogP contribution in [0.1, 0.15) is 18.9 Å². The molecule has 0 atom stereocenters. The second-order valence-electron chi connectivity index (χ2n) is 3.85. The Morgan fingerprint density at radius 1 is 1.33 bits per heavy atom. The zero-order chi connectivity index (χ0) is 11.3. The molecule has 3 heteroatoms. The van der Waals surface area contributed by atoms with Crippen molar-refractivity contribution in [2.24, 2.45) is 0 Å². The van der Waals surface area contributed by atoms with Crippen LogP contribution in [0.3, 0.4) is 0 Å². The van der Waals surface area contributed by atoms with Crippen LogP contribution in [0.4, 0.5) is 10.1 Å². The molecule has 84 valence electrons. The van der Waals surface area contributed by atoms with Gasteiger partial charge >= 0.3 is 0 Å². The second-order valence-corrected chi connectivity index (χ2v) is 3.85. The number of nitrogens with zero attached hydrogens (tertiary/aromatic N) is 1. The molecule has 0 amide bonds. The molecule has 1 aromatic rings. The molecule has 0 saturated heterocycles. The van der Waals surface area contributed by atoms with Crippen molar-refractivity contribution >= 4 is 5.69 Å². The molecule has 0 bridgehead atoms. The van der Waals surface area contributed by atoms with Crippen LogP contribution < -0.4 is 10.2 Å². The van der Waals surface area contributed by atoms with Crippen LogP contribution in [0.15, 0.2) is 18.2 Å². The number of hydrogen-bond donors (Lipinski definition) is 1. The molecule has 2 nitrogen and oxygen atoms in total. The molecule has 15 heavy (non-hydrogen) atoms. The fourth-order valence-corrected chi connectivity index (χ4v) is 1.37. The molecule has 0 aliphatic rings. The third-order valence-corrected chi connectivity index (χ3v) is 2.29. The quantitative estimate of drug-likeness (QED) is 0.751. The largest absolute Gasteiger partial charge is 0.378 e. The van der Waals surface area contributed by atoms with Crippen molar-refractivity contribution in [1.82, 2.24) is 5.32 Å². The van der Waals surface area contributed by atoms with E-state index < -0.39 is 0 Å². The van der Waals surface area contributed by atoms with Crippen LogP contribution in [0.5, 0.6) is 0 Å². The van der Waals surface area contributed by atoms with E-state index in [1.165, 1.54) is 6.07 Å². The van der Waals surface area contributed by atoms with Gasteiger partial charge in [-0.3, -0.25) is 0 Å². The maximum atomic E-state index is 13.4. The Labute approximate surface area is 91.1 Å². The molecule has 0 spiro atoms. The number of anilines is 1. The van der Waals surface area contributed by atoms with Crippen molar-refractivity contribution in [2.45, 2.75) is 19.9 Å². The fraction of sp³-hybridized carbons (Fsp3) is 0.500. The Balaban J connectivity index is 2.72. The molecular weight excluding hydrogens is 191 g/mol. The number of rotatable bonds is 5. The minimum Gasteiger partial charge on any atom is -0.378 e. The van der Waals surface area contributed by atoms with Crippen LogP contribution in [0.25, 0.3) is 0 Å². The van der Waals surface area contributed by atoms with E-state index >= 15 is 0 Å². The molecule has 1 rings (SSSR count). The predicted octanol–water partition coefficient (Wildman–Crippen LogP) is 2.39. The van der Waals surface area contributed by atoms with Gasteiger partial charge in [0.25, 0.3) is 0 Å². The van der Waals surface area contributed by atoms with E-state index in [-0.39, 0.29) is 5.82 Å². The van der Waals surface area contributed by atoms with Gasteiger partial charge in [0.2, 0.25) is 0 Å². The summed E-state index contributed by atoms with van der Waals surface area (Å²) >= 11 is 0. The number of halogens is 1. The monoisotopic (exact) mass is 210 g/mol. The van der Waals surface area contributed by atoms with E-state index in [1.54, 1.807) is 6.07 Å². The Hall–Kier alpha value is -1.09. The van der Waals surface area contributed by atoms with Gasteiger partial charge in [0.15, 0.2) is 0 Å². The maximum absolute atomic E-state index is 13.4. The summed E-state index contributed by atoms with van der Waals surface area (Å²) in [6, 6.07) is 5.20. The number of hydrogen-bond acceptors (Lipinski definition) is 2. The van der Waals surface area contributed by atoms with Gasteiger partial charge in [0.05, 0.1) is 0 Å². The minimum atomic E-state index is -0.135. The average Bonchev–Trinajstić information content (AvgIpc) is 2.20. The van der Waals surface area contributed by atoms with Gasteiger partial charge in [-0.2, -0.15) is 0 Å². The molecule has 0 saturated carbocycles. The molecule has 0 aliphatic heterocycles. The molecule has 0 aromatic heterocycles. The molecule has 0 heterocycles. The lowest BCUT2D eigenvalue weighted by Gasteiger charge is -2.14. The molecular formula is C12H19FN2. The summed E-state index contributed by atoms with van der Waals surface area (Å²) in [7, 11) is 3.91. The van der Waals surface area contributed by atoms with Crippen molar-refractivity contribution in [1.29, 1.82) is 0 Å². The normalized spacial score (nSPS) is 10.4. The van der Waals surface area contributed by atoms with Gasteiger partial charge in [0.1, 0.15) is 5.82 Å². The summed E-state index contributed by atoms with van der Waals surface area (Å²) < 4.78 is 13.4. The molecule has 0 unspecified atom stereocenters. The molecule has 0 radical (unpaired) electrons. The summed E-state index contributed by atoms with van der Waals surface area (Å²) in [6.45, 7) is 3.62. The van der Waals surface area contributed by atoms with Crippen molar-refractivity contribution in [3.63, 3.8) is 0 Å². The first-order valence-corrected chi connectivity index (χ1v) is 5.31. The summed E-state index contributed by atoms with van der Waals surface area (Å²) in [5.41, 5.74) is 1.76. The summed E-state index contributed by atoms with van der Waals surface area (Å²) in [6.07, 6.45) is 1.06. The smallest absolute Gasteiger partial charge is 0.127 e. The molecule has 0 fully saturated rings. The lowest BCUT2D eigenvalue weighted by atomic mass is 10.1. The highest BCUT2D eigenvalue weighted by atomic mass is 19.1. The third-order valence-electron chi connectivity index (χ3n) is 2.29. The van der Waals surface area contributed by atoms with Gasteiger partial charge < -0.3 is 10.2 Å². The van der Waals surface area contributed by atoms with Crippen LogP contribution in [0.2, 0.25) is 0 Å². The van der Waals surface area contributed by atoms with E-state index in [0.29, 0.717) is 6.54 Å². The van der Waals surface area contributed by atoms with Gasteiger partial charge in [-0.15, -0.1) is 0 Å². The van der Waals surface area contributed by atoms with Crippen molar-refractivity contribution in [3.05, 3.63) is 29.6 Å². The third kappa shape index (κ3) is 3.51. The average molecular weight is 210 g/mol. The van der Waals surface area contributed by atoms with Gasteiger partial charge in [-0.05, 0) is 31.2 Å². The topological polar surface area (TPSA) is 15.3 Å². The van der Waals surface area contributed by atoms with Crippen molar-refractivity contribution in [2.75, 3.05) is 25.5 Å². The highest BCUT2D eigenvalue weighted by Gasteiger charge is 2.04. The number of benzene rings is 1. The van der Waals surface area contributed by atoms with E-state index in [4.69, 9.17) is 0 Å². The van der Waals surface area contributed by atoms with E-state index in [9.17, 15) is 4.39 Å². The highest BCUT2D eigenvalue weighted by Crippen LogP contribution is 2.16. The zero-order valence-electron chi connectivity index (χ0n) is 9.68. The first-order chi connectivity index (χ1) is 7.15. The lowest BCUT2D eigenvalue weighted by Crippen LogP contribution is -2.16. The van der Waals surface area contributed by atoms with E-state index in [2.05, 4.69) is 12.2 Å². The van der Waals surface area contributed by atoms with Crippen LogP contribution in [-0.4, -0.2) is 20.6 Å². The van der Waals surface area contributed by atoms with Gasteiger partial charge in [-0.1, -0.05) is 6.92 Å². The van der Waals surface area contributed by atoms with Crippen LogP contribution in [-0.2, 0) is 6.54 Å². The summed E-state index contributed by atoms with van der Waals surface area (Å²) in [4.78, 5) is 1.97. The minimum absolute atomic E-state index is 0.135. The highest BCUT2D eigenvalue weighted by molar-refractivity contribution is 5.47. The van der Waals surface area contributed by atoms with Crippen molar-refractivity contribution in [3.8, 4) is 0 Å². The number of nitrogens with one attached hydrogen (secondary N) is 1. The molecule has 1 aromatic carbocycles. The predicted molar refractivity (Wildman–Crippen MR) is 62.7 cm³/mol. The Morgan fingerprint density at radius 3 is 2.67 bits per heavy atom. The fourth-order valence-electron chi connectivity index (χ4n) is 1.37. The Kier molecular flexibility index (Phi) is 4.56. The zero-order valence-corrected chi connectivity index (χ0v) is 9.68. The summed E-state index contributed by atoms with van der Waals surface area (Å²) in [5.74, 6) is -0.135. The first kappa shape index (κ1) is 12.0. The first-order valence-electron chi connectivity index (χ1n) is 5.31. The maximum Gasteiger partial charge on any atom is 0.127 e. The van der Waals surface area contributed by atoms with Crippen LogP contribution >= 0.6 is 0 Å². The molecule has 1 N–H and O–H groups in total. The van der Waals surface area contributed by atoms with E-state index in [1.807, 2.05) is 25.1 Å². The van der Waals surface area contributed by atoms with Gasteiger partial charge in [0, 0.05) is 31.9 Å². The van der Waals surface area contributed by atoms with Gasteiger partial charge in [-0.25, -0.2) is 4.39 Å². The Bertz CT molecular complexity index is 310. The van der Waals surface area contributed by atoms with E-state index in [0.717, 1.165) is 24.2 Å². The lowest BCUT2D eigenvalue weighted by molar-refractivity contribution is 0.586. The Morgan fingerprint density at radius 2 is 2.07 bits per heavy atom. The van der Waals surface area contributed by atoms with Crippen molar-refractivity contribution < 1.29 is 4.39 Å². The van der Waals surface area contributed by atoms with Crippen LogP contribution in [0, 0.1) is 5.82 Å². The SMILES string of the molecule is CCCNCc1cc(N(C)C)ccc1F. The second kappa shape index (κ2) is 5.71. The summed E-state index contributed by atoms with van der Waals surface area (Å²) in [5, 5.41) is 3.20. The standard InChI is InChI=1S/C12H19FN2/c1-4-7-14-9-10-8-11(15(2)3)5-6-12(10)13/h5-6,8,14H,4,7,9H2,1-3H3.